The third-order valence-electron chi connectivity index (χ3n) is 11.9. The third-order valence-corrected chi connectivity index (χ3v) is 14.8. The normalized spacial score (nSPS) is 29.4. The number of rotatable bonds is 13. The molecule has 262 valence electrons. The number of benzene rings is 1. The summed E-state index contributed by atoms with van der Waals surface area (Å²) in [5.41, 5.74) is 5.59. The monoisotopic (exact) mass is 702 g/mol. The van der Waals surface area contributed by atoms with Gasteiger partial charge in [0.25, 0.3) is 0 Å². The number of ether oxygens (including phenoxy) is 1. The molecule has 0 spiro atoms. The maximum atomic E-state index is 12.9. The molecule has 1 aromatic carbocycles. The van der Waals surface area contributed by atoms with Gasteiger partial charge in [-0.1, -0.05) is 96.5 Å². The lowest BCUT2D eigenvalue weighted by molar-refractivity contribution is -0.150. The molecule has 4 aliphatic carbocycles. The second kappa shape index (κ2) is 15.5. The second-order valence-electron chi connectivity index (χ2n) is 15.0. The van der Waals surface area contributed by atoms with Gasteiger partial charge >= 0.3 is 11.9 Å². The topological polar surface area (TPSA) is 96.8 Å². The number of hydrogen-bond donors (Lipinski definition) is 1. The van der Waals surface area contributed by atoms with E-state index < -0.39 is 5.97 Å². The molecular formula is C40H50N2O5S2. The van der Waals surface area contributed by atoms with Crippen LogP contribution in [0.2, 0.25) is 0 Å². The standard InChI is InChI=1S/C40H50N2O5S2/c1-27(22-36(43)42(26-37(44)45)25-28-8-5-4-6-9-28)49-48-21-17-38(46)47-31-15-18-39(2)30(23-31)11-12-32-34-14-13-33(29-10-7-20-41-24-29)40(34,3)19-16-35(32)39/h4-11,13,20,24,27,31-32,34-35H,12,14-19,21-23,25-26H2,1-3H3,(H,44,45)/t27?,31-,32-,34+,35?,39-,40+/m0/s1. The van der Waals surface area contributed by atoms with Crippen LogP contribution in [0.5, 0.6) is 0 Å². The highest BCUT2D eigenvalue weighted by atomic mass is 33.1. The number of amides is 1. The molecule has 1 heterocycles. The van der Waals surface area contributed by atoms with Gasteiger partial charge in [-0.3, -0.25) is 19.4 Å². The predicted octanol–water partition coefficient (Wildman–Crippen LogP) is 8.61. The smallest absolute Gasteiger partial charge is 0.323 e. The number of fused-ring (bicyclic) bond motifs is 5. The summed E-state index contributed by atoms with van der Waals surface area (Å²) in [5, 5.41) is 9.31. The lowest BCUT2D eigenvalue weighted by atomic mass is 9.47. The Hall–Kier alpha value is -3.04. The lowest BCUT2D eigenvalue weighted by Gasteiger charge is -2.57. The van der Waals surface area contributed by atoms with E-state index in [9.17, 15) is 19.5 Å². The van der Waals surface area contributed by atoms with Crippen LogP contribution in [0.4, 0.5) is 0 Å². The molecule has 1 amide bonds. The Kier molecular flexibility index (Phi) is 11.3. The van der Waals surface area contributed by atoms with Crippen LogP contribution in [0.3, 0.4) is 0 Å². The summed E-state index contributed by atoms with van der Waals surface area (Å²) in [6.07, 6.45) is 17.0. The zero-order valence-corrected chi connectivity index (χ0v) is 30.6. The molecule has 0 bridgehead atoms. The SMILES string of the molecule is CC(CC(=O)N(CC(=O)O)Cc1ccccc1)SSCCC(=O)O[C@H]1CC[C@@]2(C)C(=CC[C@@H]3C2CC[C@]2(C)C(c4cccnc4)=CC[C@H]32)C1. The van der Waals surface area contributed by atoms with E-state index >= 15 is 0 Å². The van der Waals surface area contributed by atoms with E-state index in [4.69, 9.17) is 4.74 Å². The second-order valence-corrected chi connectivity index (χ2v) is 17.9. The van der Waals surface area contributed by atoms with Crippen LogP contribution in [0.1, 0.15) is 89.7 Å². The van der Waals surface area contributed by atoms with Crippen molar-refractivity contribution in [1.29, 1.82) is 0 Å². The quantitative estimate of drug-likeness (QED) is 0.0960. The van der Waals surface area contributed by atoms with Crippen molar-refractivity contribution in [1.82, 2.24) is 9.88 Å². The van der Waals surface area contributed by atoms with E-state index in [0.717, 1.165) is 37.7 Å². The van der Waals surface area contributed by atoms with Gasteiger partial charge in [0, 0.05) is 42.8 Å². The van der Waals surface area contributed by atoms with Crippen molar-refractivity contribution in [2.75, 3.05) is 12.3 Å². The minimum atomic E-state index is -1.03. The average molecular weight is 703 g/mol. The molecule has 2 unspecified atom stereocenters. The maximum absolute atomic E-state index is 12.9. The van der Waals surface area contributed by atoms with Gasteiger partial charge in [-0.05, 0) is 89.9 Å². The van der Waals surface area contributed by atoms with Crippen molar-refractivity contribution in [3.8, 4) is 0 Å². The summed E-state index contributed by atoms with van der Waals surface area (Å²) in [4.78, 5) is 43.0. The molecule has 2 saturated carbocycles. The van der Waals surface area contributed by atoms with E-state index in [0.29, 0.717) is 29.9 Å². The molecule has 6 rings (SSSR count). The molecular weight excluding hydrogens is 653 g/mol. The molecule has 0 aliphatic heterocycles. The number of pyridine rings is 1. The van der Waals surface area contributed by atoms with E-state index in [1.807, 2.05) is 49.6 Å². The number of carbonyl (C=O) groups is 3. The number of carboxylic acid groups (broad SMARTS) is 1. The summed E-state index contributed by atoms with van der Waals surface area (Å²) in [7, 11) is 3.13. The van der Waals surface area contributed by atoms with Gasteiger partial charge in [-0.25, -0.2) is 0 Å². The predicted molar refractivity (Wildman–Crippen MR) is 197 cm³/mol. The van der Waals surface area contributed by atoms with Crippen LogP contribution in [0, 0.1) is 28.6 Å². The number of carboxylic acids is 1. The summed E-state index contributed by atoms with van der Waals surface area (Å²) < 4.78 is 6.03. The van der Waals surface area contributed by atoms with E-state index in [1.165, 1.54) is 34.5 Å². The number of esters is 1. The number of aliphatic carboxylic acids is 1. The van der Waals surface area contributed by atoms with Gasteiger partial charge in [-0.15, -0.1) is 0 Å². The first-order valence-corrected chi connectivity index (χ1v) is 20.3. The van der Waals surface area contributed by atoms with Crippen molar-refractivity contribution < 1.29 is 24.2 Å². The van der Waals surface area contributed by atoms with Gasteiger partial charge in [-0.2, -0.15) is 0 Å². The van der Waals surface area contributed by atoms with Crippen LogP contribution in [-0.2, 0) is 25.7 Å². The Balaban J connectivity index is 0.944. The van der Waals surface area contributed by atoms with Crippen molar-refractivity contribution >= 4 is 45.0 Å². The van der Waals surface area contributed by atoms with Crippen LogP contribution >= 0.6 is 21.6 Å². The molecule has 7 nitrogen and oxygen atoms in total. The number of aromatic nitrogens is 1. The molecule has 1 aromatic heterocycles. The lowest BCUT2D eigenvalue weighted by Crippen LogP contribution is -2.50. The summed E-state index contributed by atoms with van der Waals surface area (Å²) >= 11 is 0. The van der Waals surface area contributed by atoms with E-state index in [2.05, 4.69) is 43.1 Å². The van der Waals surface area contributed by atoms with Crippen molar-refractivity contribution in [3.05, 3.63) is 83.7 Å². The van der Waals surface area contributed by atoms with Crippen LogP contribution in [-0.4, -0.2) is 56.5 Å². The van der Waals surface area contributed by atoms with E-state index in [-0.39, 0.29) is 53.6 Å². The Morgan fingerprint density at radius 1 is 1.02 bits per heavy atom. The molecule has 9 heteroatoms. The first-order valence-electron chi connectivity index (χ1n) is 17.9. The molecule has 49 heavy (non-hydrogen) atoms. The Bertz CT molecular complexity index is 1560. The van der Waals surface area contributed by atoms with Crippen molar-refractivity contribution in [2.24, 2.45) is 28.6 Å². The molecule has 7 atom stereocenters. The molecule has 0 saturated heterocycles. The fourth-order valence-electron chi connectivity index (χ4n) is 9.41. The molecule has 0 radical (unpaired) electrons. The molecule has 1 N–H and O–H groups in total. The van der Waals surface area contributed by atoms with Crippen LogP contribution < -0.4 is 0 Å². The fourth-order valence-corrected chi connectivity index (χ4v) is 11.6. The highest BCUT2D eigenvalue weighted by Crippen LogP contribution is 2.66. The van der Waals surface area contributed by atoms with Crippen molar-refractivity contribution in [2.45, 2.75) is 96.5 Å². The first-order chi connectivity index (χ1) is 23.6. The van der Waals surface area contributed by atoms with Gasteiger partial charge in [0.15, 0.2) is 0 Å². The highest BCUT2D eigenvalue weighted by molar-refractivity contribution is 8.76. The number of carbonyl (C=O) groups excluding carboxylic acids is 2. The van der Waals surface area contributed by atoms with E-state index in [1.54, 1.807) is 21.6 Å². The zero-order valence-electron chi connectivity index (χ0n) is 29.0. The van der Waals surface area contributed by atoms with Crippen LogP contribution in [0.25, 0.3) is 5.57 Å². The average Bonchev–Trinajstić information content (AvgIpc) is 3.44. The number of nitrogens with zero attached hydrogens (tertiary/aromatic N) is 2. The number of hydrogen-bond acceptors (Lipinski definition) is 7. The van der Waals surface area contributed by atoms with Gasteiger partial charge in [0.1, 0.15) is 12.6 Å². The minimum Gasteiger partial charge on any atom is -0.480 e. The Morgan fingerprint density at radius 2 is 1.82 bits per heavy atom. The van der Waals surface area contributed by atoms with Gasteiger partial charge in [0.05, 0.1) is 6.42 Å². The summed E-state index contributed by atoms with van der Waals surface area (Å²) in [6.45, 7) is 6.90. The first kappa shape index (κ1) is 35.8. The minimum absolute atomic E-state index is 0.0155. The number of allylic oxidation sites excluding steroid dienone is 3. The van der Waals surface area contributed by atoms with Crippen LogP contribution in [0.15, 0.2) is 72.6 Å². The largest absolute Gasteiger partial charge is 0.480 e. The van der Waals surface area contributed by atoms with Gasteiger partial charge < -0.3 is 14.7 Å². The van der Waals surface area contributed by atoms with Crippen molar-refractivity contribution in [3.63, 3.8) is 0 Å². The maximum Gasteiger partial charge on any atom is 0.323 e. The summed E-state index contributed by atoms with van der Waals surface area (Å²) in [5.74, 6) is 1.29. The van der Waals surface area contributed by atoms with Gasteiger partial charge in [0.2, 0.25) is 5.91 Å². The summed E-state index contributed by atoms with van der Waals surface area (Å²) in [6, 6.07) is 13.7. The third kappa shape index (κ3) is 7.98. The highest BCUT2D eigenvalue weighted by Gasteiger charge is 2.57. The fraction of sp³-hybridized carbons (Fsp3) is 0.550. The zero-order chi connectivity index (χ0) is 34.6. The Morgan fingerprint density at radius 3 is 2.57 bits per heavy atom. The Labute approximate surface area is 299 Å². The molecule has 4 aliphatic rings. The molecule has 2 fully saturated rings. The molecule has 2 aromatic rings.